The fraction of sp³-hybridized carbons (Fsp3) is 0.263. The number of halogens is 1. The average Bonchev–Trinajstić information content (AvgIpc) is 2.99. The Balaban J connectivity index is 1.77. The highest BCUT2D eigenvalue weighted by Crippen LogP contribution is 2.23. The van der Waals surface area contributed by atoms with Crippen LogP contribution < -0.4 is 4.74 Å². The van der Waals surface area contributed by atoms with Gasteiger partial charge in [0.2, 0.25) is 0 Å². The molecule has 1 aromatic heterocycles. The van der Waals surface area contributed by atoms with E-state index in [9.17, 15) is 9.50 Å². The van der Waals surface area contributed by atoms with Crippen LogP contribution >= 0.6 is 0 Å². The second-order valence-electron chi connectivity index (χ2n) is 6.50. The summed E-state index contributed by atoms with van der Waals surface area (Å²) in [5.74, 6) is 1.02. The summed E-state index contributed by atoms with van der Waals surface area (Å²) in [7, 11) is 0. The predicted molar refractivity (Wildman–Crippen MR) is 92.5 cm³/mol. The van der Waals surface area contributed by atoms with Crippen LogP contribution in [0, 0.1) is 5.82 Å². The normalized spacial score (nSPS) is 11.5. The van der Waals surface area contributed by atoms with Crippen LogP contribution in [0.2, 0.25) is 0 Å². The van der Waals surface area contributed by atoms with Gasteiger partial charge in [0.1, 0.15) is 24.5 Å². The van der Waals surface area contributed by atoms with Crippen molar-refractivity contribution < 1.29 is 14.2 Å². The number of aliphatic hydroxyl groups is 1. The first kappa shape index (κ1) is 17.1. The van der Waals surface area contributed by atoms with E-state index in [1.807, 2.05) is 30.3 Å². The zero-order valence-corrected chi connectivity index (χ0v) is 14.2. The van der Waals surface area contributed by atoms with Crippen molar-refractivity contribution in [1.82, 2.24) is 14.8 Å². The monoisotopic (exact) mass is 341 g/mol. The minimum absolute atomic E-state index is 0.275. The number of rotatable bonds is 6. The molecular formula is C19H20FN3O2. The van der Waals surface area contributed by atoms with Crippen LogP contribution in [0.5, 0.6) is 5.75 Å². The molecule has 0 spiro atoms. The van der Waals surface area contributed by atoms with Crippen molar-refractivity contribution in [2.24, 2.45) is 0 Å². The fourth-order valence-electron chi connectivity index (χ4n) is 2.49. The molecular weight excluding hydrogens is 321 g/mol. The van der Waals surface area contributed by atoms with Crippen molar-refractivity contribution in [2.45, 2.75) is 32.6 Å². The van der Waals surface area contributed by atoms with E-state index < -0.39 is 5.60 Å². The van der Waals surface area contributed by atoms with Crippen LogP contribution in [0.15, 0.2) is 54.9 Å². The summed E-state index contributed by atoms with van der Waals surface area (Å²) >= 11 is 0. The standard InChI is InChI=1S/C19H20FN3O2/c1-19(2,24)12-23-18(21-13-22-23)15-6-4-8-17(10-15)25-11-14-5-3-7-16(20)9-14/h3-10,13,24H,11-12H2,1-2H3. The van der Waals surface area contributed by atoms with E-state index in [2.05, 4.69) is 10.1 Å². The average molecular weight is 341 g/mol. The van der Waals surface area contributed by atoms with Gasteiger partial charge in [-0.25, -0.2) is 14.1 Å². The van der Waals surface area contributed by atoms with Gasteiger partial charge in [-0.1, -0.05) is 24.3 Å². The Hall–Kier alpha value is -2.73. The van der Waals surface area contributed by atoms with Crippen LogP contribution in [0.3, 0.4) is 0 Å². The van der Waals surface area contributed by atoms with Crippen LogP contribution in [0.4, 0.5) is 4.39 Å². The van der Waals surface area contributed by atoms with E-state index in [0.29, 0.717) is 18.1 Å². The molecule has 0 radical (unpaired) electrons. The Morgan fingerprint density at radius 1 is 1.16 bits per heavy atom. The maximum absolute atomic E-state index is 13.2. The third-order valence-corrected chi connectivity index (χ3v) is 3.54. The van der Waals surface area contributed by atoms with Crippen molar-refractivity contribution in [3.05, 3.63) is 66.2 Å². The van der Waals surface area contributed by atoms with Gasteiger partial charge in [-0.05, 0) is 43.7 Å². The molecule has 0 saturated carbocycles. The first-order valence-corrected chi connectivity index (χ1v) is 7.99. The Morgan fingerprint density at radius 2 is 1.96 bits per heavy atom. The van der Waals surface area contributed by atoms with Crippen LogP contribution in [-0.4, -0.2) is 25.5 Å². The molecule has 0 aliphatic carbocycles. The molecule has 25 heavy (non-hydrogen) atoms. The molecule has 0 saturated heterocycles. The Labute approximate surface area is 145 Å². The molecule has 1 heterocycles. The van der Waals surface area contributed by atoms with Gasteiger partial charge < -0.3 is 9.84 Å². The molecule has 130 valence electrons. The molecule has 0 aliphatic rings. The molecule has 0 bridgehead atoms. The van der Waals surface area contributed by atoms with Crippen molar-refractivity contribution in [2.75, 3.05) is 0 Å². The third kappa shape index (κ3) is 4.64. The first-order chi connectivity index (χ1) is 11.9. The molecule has 0 fully saturated rings. The number of nitrogens with zero attached hydrogens (tertiary/aromatic N) is 3. The highest BCUT2D eigenvalue weighted by atomic mass is 19.1. The summed E-state index contributed by atoms with van der Waals surface area (Å²) in [6, 6.07) is 13.8. The molecule has 3 aromatic rings. The van der Waals surface area contributed by atoms with Gasteiger partial charge in [-0.15, -0.1) is 0 Å². The summed E-state index contributed by atoms with van der Waals surface area (Å²) in [5, 5.41) is 14.2. The van der Waals surface area contributed by atoms with Crippen molar-refractivity contribution in [3.63, 3.8) is 0 Å². The van der Waals surface area contributed by atoms with E-state index in [4.69, 9.17) is 4.74 Å². The van der Waals surface area contributed by atoms with Gasteiger partial charge in [0, 0.05) is 5.56 Å². The number of aromatic nitrogens is 3. The van der Waals surface area contributed by atoms with E-state index in [0.717, 1.165) is 11.1 Å². The van der Waals surface area contributed by atoms with E-state index >= 15 is 0 Å². The van der Waals surface area contributed by atoms with E-state index in [1.54, 1.807) is 24.6 Å². The number of benzene rings is 2. The lowest BCUT2D eigenvalue weighted by molar-refractivity contribution is 0.0582. The summed E-state index contributed by atoms with van der Waals surface area (Å²) in [4.78, 5) is 4.28. The summed E-state index contributed by atoms with van der Waals surface area (Å²) in [5.41, 5.74) is 0.697. The van der Waals surface area contributed by atoms with Gasteiger partial charge in [0.15, 0.2) is 5.82 Å². The second-order valence-corrected chi connectivity index (χ2v) is 6.50. The molecule has 0 unspecified atom stereocenters. The summed E-state index contributed by atoms with van der Waals surface area (Å²) < 4.78 is 20.6. The first-order valence-electron chi connectivity index (χ1n) is 7.99. The highest BCUT2D eigenvalue weighted by molar-refractivity contribution is 5.57. The quantitative estimate of drug-likeness (QED) is 0.746. The molecule has 3 rings (SSSR count). The maximum Gasteiger partial charge on any atom is 0.158 e. The predicted octanol–water partition coefficient (Wildman–Crippen LogP) is 3.43. The lowest BCUT2D eigenvalue weighted by Gasteiger charge is -2.18. The van der Waals surface area contributed by atoms with E-state index in [-0.39, 0.29) is 12.4 Å². The molecule has 0 aliphatic heterocycles. The van der Waals surface area contributed by atoms with Gasteiger partial charge in [-0.2, -0.15) is 5.10 Å². The lowest BCUT2D eigenvalue weighted by Crippen LogP contribution is -2.27. The Kier molecular flexibility index (Phi) is 4.81. The van der Waals surface area contributed by atoms with Crippen LogP contribution in [0.25, 0.3) is 11.4 Å². The van der Waals surface area contributed by atoms with E-state index in [1.165, 1.54) is 18.5 Å². The number of hydrogen-bond acceptors (Lipinski definition) is 4. The molecule has 6 heteroatoms. The van der Waals surface area contributed by atoms with Gasteiger partial charge >= 0.3 is 0 Å². The van der Waals surface area contributed by atoms with Crippen molar-refractivity contribution >= 4 is 0 Å². The Bertz CT molecular complexity index is 856. The SMILES string of the molecule is CC(C)(O)Cn1ncnc1-c1cccc(OCc2cccc(F)c2)c1. The van der Waals surface area contributed by atoms with Crippen LogP contribution in [-0.2, 0) is 13.2 Å². The fourth-order valence-corrected chi connectivity index (χ4v) is 2.49. The van der Waals surface area contributed by atoms with Crippen molar-refractivity contribution in [1.29, 1.82) is 0 Å². The lowest BCUT2D eigenvalue weighted by atomic mass is 10.1. The topological polar surface area (TPSA) is 60.2 Å². The molecule has 0 amide bonds. The molecule has 2 aromatic carbocycles. The number of ether oxygens (including phenoxy) is 1. The maximum atomic E-state index is 13.2. The van der Waals surface area contributed by atoms with Crippen LogP contribution in [0.1, 0.15) is 19.4 Å². The number of hydrogen-bond donors (Lipinski definition) is 1. The molecule has 1 N–H and O–H groups in total. The van der Waals surface area contributed by atoms with Gasteiger partial charge in [0.25, 0.3) is 0 Å². The van der Waals surface area contributed by atoms with Gasteiger partial charge in [0.05, 0.1) is 12.1 Å². The largest absolute Gasteiger partial charge is 0.489 e. The summed E-state index contributed by atoms with van der Waals surface area (Å²) in [6.45, 7) is 4.04. The molecule has 5 nitrogen and oxygen atoms in total. The van der Waals surface area contributed by atoms with Crippen molar-refractivity contribution in [3.8, 4) is 17.1 Å². The zero-order valence-electron chi connectivity index (χ0n) is 14.2. The smallest absolute Gasteiger partial charge is 0.158 e. The summed E-state index contributed by atoms with van der Waals surface area (Å²) in [6.07, 6.45) is 1.46. The van der Waals surface area contributed by atoms with Gasteiger partial charge in [-0.3, -0.25) is 0 Å². The highest BCUT2D eigenvalue weighted by Gasteiger charge is 2.17. The minimum Gasteiger partial charge on any atom is -0.489 e. The minimum atomic E-state index is -0.895. The third-order valence-electron chi connectivity index (χ3n) is 3.54. The molecule has 0 atom stereocenters. The second kappa shape index (κ2) is 7.03. The Morgan fingerprint density at radius 3 is 2.72 bits per heavy atom. The zero-order chi connectivity index (χ0) is 17.9.